The van der Waals surface area contributed by atoms with E-state index in [9.17, 15) is 0 Å². The van der Waals surface area contributed by atoms with Crippen LogP contribution in [0.1, 0.15) is 23.6 Å². The van der Waals surface area contributed by atoms with Crippen LogP contribution < -0.4 is 9.47 Å². The maximum Gasteiger partial charge on any atom is 0.180 e. The van der Waals surface area contributed by atoms with Crippen molar-refractivity contribution in [3.63, 3.8) is 0 Å². The number of rotatable bonds is 7. The first-order chi connectivity index (χ1) is 14.0. The lowest BCUT2D eigenvalue weighted by atomic mass is 10.2. The molecule has 29 heavy (non-hydrogen) atoms. The van der Waals surface area contributed by atoms with Gasteiger partial charge in [-0.3, -0.25) is 4.99 Å². The molecular formula is C23H20Cl3NO2. The predicted molar refractivity (Wildman–Crippen MR) is 122 cm³/mol. The summed E-state index contributed by atoms with van der Waals surface area (Å²) in [6.07, 6.45) is 1.73. The average Bonchev–Trinajstić information content (AvgIpc) is 2.69. The molecule has 6 heteroatoms. The molecule has 0 saturated heterocycles. The Balaban J connectivity index is 1.85. The molecule has 0 saturated carbocycles. The van der Waals surface area contributed by atoms with Gasteiger partial charge in [-0.15, -0.1) is 0 Å². The highest BCUT2D eigenvalue weighted by molar-refractivity contribution is 6.32. The van der Waals surface area contributed by atoms with Crippen LogP contribution in [0, 0.1) is 6.92 Å². The fraction of sp³-hybridized carbons (Fsp3) is 0.174. The fourth-order valence-electron chi connectivity index (χ4n) is 2.73. The van der Waals surface area contributed by atoms with Crippen LogP contribution in [-0.2, 0) is 6.61 Å². The van der Waals surface area contributed by atoms with Crippen molar-refractivity contribution in [3.8, 4) is 11.5 Å². The summed E-state index contributed by atoms with van der Waals surface area (Å²) in [5, 5.41) is 1.78. The Hall–Kier alpha value is -2.20. The molecular weight excluding hydrogens is 429 g/mol. The van der Waals surface area contributed by atoms with Gasteiger partial charge in [-0.25, -0.2) is 0 Å². The monoisotopic (exact) mass is 447 g/mol. The average molecular weight is 449 g/mol. The number of ether oxygens (including phenoxy) is 2. The highest BCUT2D eigenvalue weighted by atomic mass is 35.5. The van der Waals surface area contributed by atoms with Gasteiger partial charge in [0.05, 0.1) is 17.3 Å². The Morgan fingerprint density at radius 3 is 2.48 bits per heavy atom. The fourth-order valence-corrected chi connectivity index (χ4v) is 3.38. The minimum absolute atomic E-state index is 0.329. The van der Waals surface area contributed by atoms with Gasteiger partial charge in [0, 0.05) is 16.3 Å². The zero-order valence-electron chi connectivity index (χ0n) is 16.1. The molecule has 0 fully saturated rings. The molecule has 3 nitrogen and oxygen atoms in total. The molecule has 3 rings (SSSR count). The van der Waals surface area contributed by atoms with Crippen LogP contribution in [0.5, 0.6) is 11.5 Å². The Morgan fingerprint density at radius 1 is 0.931 bits per heavy atom. The van der Waals surface area contributed by atoms with Gasteiger partial charge in [0.2, 0.25) is 0 Å². The molecule has 3 aromatic rings. The molecule has 0 radical (unpaired) electrons. The Labute approximate surface area is 185 Å². The van der Waals surface area contributed by atoms with Crippen molar-refractivity contribution in [1.82, 2.24) is 0 Å². The molecule has 0 spiro atoms. The molecule has 0 aromatic heterocycles. The van der Waals surface area contributed by atoms with E-state index in [0.29, 0.717) is 39.8 Å². The Kier molecular flexibility index (Phi) is 7.43. The summed E-state index contributed by atoms with van der Waals surface area (Å²) in [6.45, 7) is 4.65. The summed E-state index contributed by atoms with van der Waals surface area (Å²) in [4.78, 5) is 4.53. The van der Waals surface area contributed by atoms with Crippen molar-refractivity contribution in [2.24, 2.45) is 4.99 Å². The number of nitrogens with zero attached hydrogens (tertiary/aromatic N) is 1. The minimum atomic E-state index is 0.329. The second kappa shape index (κ2) is 10.0. The summed E-state index contributed by atoms with van der Waals surface area (Å²) < 4.78 is 11.7. The first-order valence-electron chi connectivity index (χ1n) is 9.10. The summed E-state index contributed by atoms with van der Waals surface area (Å²) in [5.41, 5.74) is 3.46. The number of benzene rings is 3. The highest BCUT2D eigenvalue weighted by Crippen LogP contribution is 2.37. The van der Waals surface area contributed by atoms with Crippen molar-refractivity contribution in [2.75, 3.05) is 6.61 Å². The van der Waals surface area contributed by atoms with E-state index >= 15 is 0 Å². The maximum atomic E-state index is 6.49. The van der Waals surface area contributed by atoms with E-state index in [-0.39, 0.29) is 0 Å². The number of aliphatic imine (C=N–C) groups is 1. The smallest absolute Gasteiger partial charge is 0.180 e. The van der Waals surface area contributed by atoms with Gasteiger partial charge in [-0.2, -0.15) is 0 Å². The molecule has 0 heterocycles. The lowest BCUT2D eigenvalue weighted by Crippen LogP contribution is -2.01. The molecule has 0 atom stereocenters. The van der Waals surface area contributed by atoms with Gasteiger partial charge in [0.15, 0.2) is 11.5 Å². The molecule has 0 aliphatic carbocycles. The van der Waals surface area contributed by atoms with Gasteiger partial charge in [-0.05, 0) is 66.9 Å². The lowest BCUT2D eigenvalue weighted by Gasteiger charge is -2.14. The van der Waals surface area contributed by atoms with Crippen LogP contribution in [-0.4, -0.2) is 12.8 Å². The quantitative estimate of drug-likeness (QED) is 0.347. The third kappa shape index (κ3) is 5.66. The van der Waals surface area contributed by atoms with E-state index in [2.05, 4.69) is 4.99 Å². The highest BCUT2D eigenvalue weighted by Gasteiger charge is 2.13. The van der Waals surface area contributed by atoms with E-state index in [1.807, 2.05) is 62.4 Å². The van der Waals surface area contributed by atoms with E-state index in [0.717, 1.165) is 22.4 Å². The second-order valence-corrected chi connectivity index (χ2v) is 7.57. The normalized spacial score (nSPS) is 11.1. The Morgan fingerprint density at radius 2 is 1.72 bits per heavy atom. The van der Waals surface area contributed by atoms with Crippen LogP contribution >= 0.6 is 34.8 Å². The first-order valence-corrected chi connectivity index (χ1v) is 10.2. The van der Waals surface area contributed by atoms with Crippen LogP contribution in [0.2, 0.25) is 15.1 Å². The summed E-state index contributed by atoms with van der Waals surface area (Å²) in [7, 11) is 0. The van der Waals surface area contributed by atoms with Crippen LogP contribution in [0.15, 0.2) is 59.6 Å². The van der Waals surface area contributed by atoms with Gasteiger partial charge < -0.3 is 9.47 Å². The van der Waals surface area contributed by atoms with Gasteiger partial charge in [-0.1, -0.05) is 53.0 Å². The zero-order chi connectivity index (χ0) is 20.8. The third-order valence-corrected chi connectivity index (χ3v) is 5.12. The summed E-state index contributed by atoms with van der Waals surface area (Å²) >= 11 is 18.7. The van der Waals surface area contributed by atoms with E-state index in [1.165, 1.54) is 0 Å². The first kappa shape index (κ1) is 21.5. The topological polar surface area (TPSA) is 30.8 Å². The minimum Gasteiger partial charge on any atom is -0.490 e. The lowest BCUT2D eigenvalue weighted by molar-refractivity contribution is 0.269. The predicted octanol–water partition coefficient (Wildman–Crippen LogP) is 7.68. The van der Waals surface area contributed by atoms with Crippen molar-refractivity contribution in [2.45, 2.75) is 20.5 Å². The molecule has 0 amide bonds. The second-order valence-electron chi connectivity index (χ2n) is 6.32. The number of hydrogen-bond acceptors (Lipinski definition) is 3. The van der Waals surface area contributed by atoms with Gasteiger partial charge in [0.1, 0.15) is 6.61 Å². The number of halogens is 3. The summed E-state index contributed by atoms with van der Waals surface area (Å²) in [6, 6.07) is 16.7. The largest absolute Gasteiger partial charge is 0.490 e. The Bertz CT molecular complexity index is 1030. The molecule has 3 aromatic carbocycles. The molecule has 150 valence electrons. The van der Waals surface area contributed by atoms with Crippen LogP contribution in [0.25, 0.3) is 0 Å². The van der Waals surface area contributed by atoms with E-state index in [1.54, 1.807) is 12.3 Å². The van der Waals surface area contributed by atoms with E-state index < -0.39 is 0 Å². The van der Waals surface area contributed by atoms with Crippen molar-refractivity contribution in [3.05, 3.63) is 86.4 Å². The van der Waals surface area contributed by atoms with Crippen molar-refractivity contribution < 1.29 is 9.47 Å². The molecule has 0 aliphatic rings. The van der Waals surface area contributed by atoms with E-state index in [4.69, 9.17) is 44.3 Å². The summed E-state index contributed by atoms with van der Waals surface area (Å²) in [5.74, 6) is 1.05. The van der Waals surface area contributed by atoms with Crippen LogP contribution in [0.4, 0.5) is 5.69 Å². The molecule has 0 bridgehead atoms. The third-order valence-electron chi connectivity index (χ3n) is 4.20. The van der Waals surface area contributed by atoms with Crippen molar-refractivity contribution in [1.29, 1.82) is 0 Å². The number of hydrogen-bond donors (Lipinski definition) is 0. The molecule has 0 unspecified atom stereocenters. The molecule has 0 aliphatic heterocycles. The standard InChI is InChI=1S/C23H20Cl3NO2/c1-3-28-22-12-17(13-27-21-9-5-8-19(25)15(21)2)11-20(26)23(22)29-14-16-6-4-7-18(24)10-16/h4-13H,3,14H2,1-2H3. The van der Waals surface area contributed by atoms with Crippen molar-refractivity contribution >= 4 is 46.7 Å². The maximum absolute atomic E-state index is 6.49. The molecule has 0 N–H and O–H groups in total. The van der Waals surface area contributed by atoms with Gasteiger partial charge >= 0.3 is 0 Å². The zero-order valence-corrected chi connectivity index (χ0v) is 18.4. The van der Waals surface area contributed by atoms with Crippen LogP contribution in [0.3, 0.4) is 0 Å². The SMILES string of the molecule is CCOc1cc(C=Nc2cccc(Cl)c2C)cc(Cl)c1OCc1cccc(Cl)c1. The van der Waals surface area contributed by atoms with Gasteiger partial charge in [0.25, 0.3) is 0 Å².